The van der Waals surface area contributed by atoms with Crippen molar-refractivity contribution >= 4 is 12.3 Å². The average Bonchev–Trinajstić information content (AvgIpc) is 2.51. The van der Waals surface area contributed by atoms with Crippen molar-refractivity contribution in [2.75, 3.05) is 7.11 Å². The zero-order chi connectivity index (χ0) is 8.97. The summed E-state index contributed by atoms with van der Waals surface area (Å²) in [4.78, 5) is 21.4. The molecule has 0 heterocycles. The minimum Gasteiger partial charge on any atom is -0.469 e. The van der Waals surface area contributed by atoms with Gasteiger partial charge in [-0.3, -0.25) is 4.79 Å². The van der Waals surface area contributed by atoms with Gasteiger partial charge in [0.2, 0.25) is 0 Å². The quantitative estimate of drug-likeness (QED) is 0.471. The Balaban J connectivity index is 2.40. The Morgan fingerprint density at radius 2 is 2.33 bits per heavy atom. The number of hydrogen-bond acceptors (Lipinski definition) is 3. The highest BCUT2D eigenvalue weighted by atomic mass is 16.5. The smallest absolute Gasteiger partial charge is 0.305 e. The summed E-state index contributed by atoms with van der Waals surface area (Å²) in [6.07, 6.45) is 4.36. The molecule has 68 valence electrons. The van der Waals surface area contributed by atoms with Crippen molar-refractivity contribution in [1.29, 1.82) is 0 Å². The van der Waals surface area contributed by atoms with Gasteiger partial charge in [-0.25, -0.2) is 0 Å². The maximum atomic E-state index is 10.9. The molecule has 1 saturated carbocycles. The molecule has 0 amide bonds. The highest BCUT2D eigenvalue weighted by molar-refractivity contribution is 5.70. The Hall–Kier alpha value is -0.860. The van der Waals surface area contributed by atoms with Crippen molar-refractivity contribution in [1.82, 2.24) is 0 Å². The molecule has 0 radical (unpaired) electrons. The van der Waals surface area contributed by atoms with Gasteiger partial charge in [0.25, 0.3) is 0 Å². The Kier molecular flexibility index (Phi) is 3.26. The average molecular weight is 170 g/mol. The van der Waals surface area contributed by atoms with E-state index in [1.807, 2.05) is 0 Å². The lowest BCUT2D eigenvalue weighted by atomic mass is 9.94. The van der Waals surface area contributed by atoms with Crippen LogP contribution in [0.5, 0.6) is 0 Å². The molecule has 1 aliphatic rings. The maximum Gasteiger partial charge on any atom is 0.305 e. The first kappa shape index (κ1) is 9.23. The van der Waals surface area contributed by atoms with Crippen molar-refractivity contribution in [3.63, 3.8) is 0 Å². The van der Waals surface area contributed by atoms with Gasteiger partial charge in [-0.05, 0) is 18.8 Å². The van der Waals surface area contributed by atoms with Crippen LogP contribution in [0.15, 0.2) is 0 Å². The third kappa shape index (κ3) is 2.06. The Morgan fingerprint density at radius 3 is 2.92 bits per heavy atom. The van der Waals surface area contributed by atoms with Gasteiger partial charge in [-0.2, -0.15) is 0 Å². The largest absolute Gasteiger partial charge is 0.469 e. The number of carbonyl (C=O) groups excluding carboxylic acids is 2. The number of ether oxygens (including phenoxy) is 1. The van der Waals surface area contributed by atoms with Crippen molar-refractivity contribution in [2.45, 2.75) is 25.7 Å². The summed E-state index contributed by atoms with van der Waals surface area (Å²) in [7, 11) is 1.38. The van der Waals surface area contributed by atoms with E-state index >= 15 is 0 Å². The van der Waals surface area contributed by atoms with Gasteiger partial charge in [0.15, 0.2) is 0 Å². The zero-order valence-corrected chi connectivity index (χ0v) is 7.29. The summed E-state index contributed by atoms with van der Waals surface area (Å²) in [5.74, 6) is 0.118. The molecule has 0 spiro atoms. The predicted molar refractivity (Wildman–Crippen MR) is 43.5 cm³/mol. The molecule has 1 rings (SSSR count). The second-order valence-electron chi connectivity index (χ2n) is 3.27. The van der Waals surface area contributed by atoms with E-state index in [0.717, 1.165) is 25.5 Å². The highest BCUT2D eigenvalue weighted by Gasteiger charge is 2.28. The first-order chi connectivity index (χ1) is 5.77. The zero-order valence-electron chi connectivity index (χ0n) is 7.29. The number of esters is 1. The van der Waals surface area contributed by atoms with E-state index in [4.69, 9.17) is 0 Å². The third-order valence-electron chi connectivity index (χ3n) is 2.55. The first-order valence-corrected chi connectivity index (χ1v) is 4.30. The van der Waals surface area contributed by atoms with Crippen LogP contribution in [0, 0.1) is 11.8 Å². The SMILES string of the molecule is COC(=O)CC1CCCC1C=O. The number of rotatable bonds is 3. The monoisotopic (exact) mass is 170 g/mol. The van der Waals surface area contributed by atoms with Gasteiger partial charge in [0.05, 0.1) is 7.11 Å². The Labute approximate surface area is 72.1 Å². The molecular weight excluding hydrogens is 156 g/mol. The molecule has 0 N–H and O–H groups in total. The van der Waals surface area contributed by atoms with E-state index in [1.165, 1.54) is 7.11 Å². The molecule has 3 nitrogen and oxygen atoms in total. The van der Waals surface area contributed by atoms with Crippen LogP contribution in [0.3, 0.4) is 0 Å². The lowest BCUT2D eigenvalue weighted by Crippen LogP contribution is -2.14. The number of aldehydes is 1. The Morgan fingerprint density at radius 1 is 1.58 bits per heavy atom. The Bertz CT molecular complexity index is 177. The van der Waals surface area contributed by atoms with Crippen LogP contribution < -0.4 is 0 Å². The van der Waals surface area contributed by atoms with Gasteiger partial charge in [0.1, 0.15) is 6.29 Å². The molecule has 3 heteroatoms. The summed E-state index contributed by atoms with van der Waals surface area (Å²) in [6, 6.07) is 0. The third-order valence-corrected chi connectivity index (χ3v) is 2.55. The van der Waals surface area contributed by atoms with Gasteiger partial charge in [0, 0.05) is 12.3 Å². The van der Waals surface area contributed by atoms with E-state index in [1.54, 1.807) is 0 Å². The number of carbonyl (C=O) groups is 2. The molecule has 0 aromatic heterocycles. The van der Waals surface area contributed by atoms with Crippen molar-refractivity contribution in [2.24, 2.45) is 11.8 Å². The van der Waals surface area contributed by atoms with Gasteiger partial charge >= 0.3 is 5.97 Å². The molecule has 0 aromatic carbocycles. The molecular formula is C9H14O3. The van der Waals surface area contributed by atoms with Crippen LogP contribution in [-0.4, -0.2) is 19.4 Å². The number of methoxy groups -OCH3 is 1. The van der Waals surface area contributed by atoms with Crippen LogP contribution in [0.4, 0.5) is 0 Å². The molecule has 0 aliphatic heterocycles. The first-order valence-electron chi connectivity index (χ1n) is 4.30. The molecule has 2 atom stereocenters. The minimum atomic E-state index is -0.200. The molecule has 0 aromatic rings. The fraction of sp³-hybridized carbons (Fsp3) is 0.778. The predicted octanol–water partition coefficient (Wildman–Crippen LogP) is 1.16. The van der Waals surface area contributed by atoms with E-state index < -0.39 is 0 Å². The molecule has 1 fully saturated rings. The van der Waals surface area contributed by atoms with Crippen LogP contribution >= 0.6 is 0 Å². The summed E-state index contributed by atoms with van der Waals surface area (Å²) in [5.41, 5.74) is 0. The molecule has 2 unspecified atom stereocenters. The fourth-order valence-electron chi connectivity index (χ4n) is 1.80. The van der Waals surface area contributed by atoms with Crippen LogP contribution in [0.25, 0.3) is 0 Å². The lowest BCUT2D eigenvalue weighted by molar-refractivity contribution is -0.142. The van der Waals surface area contributed by atoms with Gasteiger partial charge < -0.3 is 9.53 Å². The van der Waals surface area contributed by atoms with Gasteiger partial charge in [-0.1, -0.05) is 6.42 Å². The van der Waals surface area contributed by atoms with Crippen LogP contribution in [-0.2, 0) is 14.3 Å². The topological polar surface area (TPSA) is 43.4 Å². The van der Waals surface area contributed by atoms with E-state index in [2.05, 4.69) is 4.74 Å². The van der Waals surface area contributed by atoms with Crippen molar-refractivity contribution in [3.8, 4) is 0 Å². The molecule has 0 saturated heterocycles. The summed E-state index contributed by atoms with van der Waals surface area (Å²) >= 11 is 0. The van der Waals surface area contributed by atoms with Crippen molar-refractivity contribution in [3.05, 3.63) is 0 Å². The van der Waals surface area contributed by atoms with E-state index in [-0.39, 0.29) is 17.8 Å². The normalized spacial score (nSPS) is 28.4. The standard InChI is InChI=1S/C9H14O3/c1-12-9(11)5-7-3-2-4-8(7)6-10/h6-8H,2-5H2,1H3. The molecule has 1 aliphatic carbocycles. The molecule has 0 bridgehead atoms. The lowest BCUT2D eigenvalue weighted by Gasteiger charge is -2.11. The second-order valence-corrected chi connectivity index (χ2v) is 3.27. The van der Waals surface area contributed by atoms with Crippen molar-refractivity contribution < 1.29 is 14.3 Å². The van der Waals surface area contributed by atoms with Crippen LogP contribution in [0.2, 0.25) is 0 Å². The molecule has 12 heavy (non-hydrogen) atoms. The minimum absolute atomic E-state index is 0.0871. The van der Waals surface area contributed by atoms with Gasteiger partial charge in [-0.15, -0.1) is 0 Å². The fourth-order valence-corrected chi connectivity index (χ4v) is 1.80. The summed E-state index contributed by atoms with van der Waals surface area (Å²) < 4.78 is 4.55. The van der Waals surface area contributed by atoms with E-state index in [9.17, 15) is 9.59 Å². The summed E-state index contributed by atoms with van der Waals surface area (Å²) in [5, 5.41) is 0. The van der Waals surface area contributed by atoms with E-state index in [0.29, 0.717) is 6.42 Å². The highest BCUT2D eigenvalue weighted by Crippen LogP contribution is 2.32. The second kappa shape index (κ2) is 4.24. The maximum absolute atomic E-state index is 10.9. The summed E-state index contributed by atoms with van der Waals surface area (Å²) in [6.45, 7) is 0. The number of hydrogen-bond donors (Lipinski definition) is 0. The van der Waals surface area contributed by atoms with Crippen LogP contribution in [0.1, 0.15) is 25.7 Å².